The van der Waals surface area contributed by atoms with Gasteiger partial charge in [-0.2, -0.15) is 0 Å². The van der Waals surface area contributed by atoms with E-state index >= 15 is 0 Å². The lowest BCUT2D eigenvalue weighted by Gasteiger charge is -2.15. The maximum absolute atomic E-state index is 12.3. The molecule has 2 aromatic heterocycles. The Labute approximate surface area is 178 Å². The van der Waals surface area contributed by atoms with Crippen molar-refractivity contribution in [1.29, 1.82) is 0 Å². The third-order valence-corrected chi connectivity index (χ3v) is 6.61. The molecule has 2 heterocycles. The molecule has 0 aliphatic heterocycles. The normalized spacial score (nSPS) is 16.0. The highest BCUT2D eigenvalue weighted by molar-refractivity contribution is 7.15. The van der Waals surface area contributed by atoms with Crippen LogP contribution in [0.15, 0.2) is 35.7 Å². The van der Waals surface area contributed by atoms with Crippen molar-refractivity contribution in [2.75, 3.05) is 5.32 Å². The lowest BCUT2D eigenvalue weighted by Crippen LogP contribution is -2.09. The number of carbonyl (C=O) groups is 1. The number of aryl methyl sites for hydroxylation is 2. The Morgan fingerprint density at radius 3 is 3.10 bits per heavy atom. The number of aromatic nitrogens is 2. The van der Waals surface area contributed by atoms with Gasteiger partial charge in [-0.1, -0.05) is 19.1 Å². The summed E-state index contributed by atoms with van der Waals surface area (Å²) < 4.78 is 5.81. The maximum Gasteiger partial charge on any atom is 0.250 e. The van der Waals surface area contributed by atoms with Crippen molar-refractivity contribution in [3.63, 3.8) is 0 Å². The molecule has 29 heavy (non-hydrogen) atoms. The molecule has 1 aliphatic carbocycles. The van der Waals surface area contributed by atoms with E-state index < -0.39 is 0 Å². The minimum Gasteiger partial charge on any atom is -0.487 e. The van der Waals surface area contributed by atoms with Crippen LogP contribution < -0.4 is 10.1 Å². The molecule has 150 valence electrons. The van der Waals surface area contributed by atoms with Gasteiger partial charge in [0.1, 0.15) is 12.4 Å². The summed E-state index contributed by atoms with van der Waals surface area (Å²) in [7, 11) is 0. The number of anilines is 1. The number of nitrogens with zero attached hydrogens (tertiary/aromatic N) is 2. The second kappa shape index (κ2) is 8.88. The van der Waals surface area contributed by atoms with E-state index in [-0.39, 0.29) is 5.91 Å². The predicted molar refractivity (Wildman–Crippen MR) is 119 cm³/mol. The Balaban J connectivity index is 1.34. The van der Waals surface area contributed by atoms with Crippen molar-refractivity contribution < 1.29 is 9.53 Å². The van der Waals surface area contributed by atoms with E-state index in [1.54, 1.807) is 28.7 Å². The summed E-state index contributed by atoms with van der Waals surface area (Å²) in [6.45, 7) is 4.68. The van der Waals surface area contributed by atoms with Crippen LogP contribution in [-0.2, 0) is 24.2 Å². The predicted octanol–water partition coefficient (Wildman–Crippen LogP) is 5.26. The van der Waals surface area contributed by atoms with Crippen molar-refractivity contribution in [2.24, 2.45) is 5.92 Å². The SMILES string of the molecule is Cc1nc(COc2cccc(/C=C/C(=O)Nc3nc4c(s3)CC(C)CC4)c2)cs1. The quantitative estimate of drug-likeness (QED) is 0.547. The fourth-order valence-corrected chi connectivity index (χ4v) is 5.02. The molecule has 0 saturated heterocycles. The molecule has 0 fully saturated rings. The Morgan fingerprint density at radius 1 is 1.38 bits per heavy atom. The number of nitrogens with one attached hydrogen (secondary N) is 1. The number of rotatable bonds is 6. The van der Waals surface area contributed by atoms with Crippen molar-refractivity contribution in [2.45, 2.75) is 39.7 Å². The molecule has 1 aromatic carbocycles. The molecule has 0 saturated carbocycles. The van der Waals surface area contributed by atoms with Gasteiger partial charge in [-0.05, 0) is 55.9 Å². The highest BCUT2D eigenvalue weighted by Crippen LogP contribution is 2.32. The largest absolute Gasteiger partial charge is 0.487 e. The van der Waals surface area contributed by atoms with Gasteiger partial charge in [0.2, 0.25) is 5.91 Å². The van der Waals surface area contributed by atoms with Crippen LogP contribution in [-0.4, -0.2) is 15.9 Å². The molecule has 7 heteroatoms. The van der Waals surface area contributed by atoms with Crippen LogP contribution in [0.2, 0.25) is 0 Å². The average molecular weight is 426 g/mol. The minimum atomic E-state index is -0.173. The summed E-state index contributed by atoms with van der Waals surface area (Å²) in [5.41, 5.74) is 2.97. The Kier molecular flexibility index (Phi) is 6.06. The van der Waals surface area contributed by atoms with Gasteiger partial charge in [0, 0.05) is 16.3 Å². The number of fused-ring (bicyclic) bond motifs is 1. The first-order valence-corrected chi connectivity index (χ1v) is 11.4. The maximum atomic E-state index is 12.3. The average Bonchev–Trinajstić information content (AvgIpc) is 3.30. The molecule has 3 aromatic rings. The molecular weight excluding hydrogens is 402 g/mol. The van der Waals surface area contributed by atoms with Gasteiger partial charge < -0.3 is 4.74 Å². The summed E-state index contributed by atoms with van der Waals surface area (Å²) in [4.78, 5) is 22.6. The van der Waals surface area contributed by atoms with Gasteiger partial charge in [0.25, 0.3) is 0 Å². The molecule has 1 atom stereocenters. The summed E-state index contributed by atoms with van der Waals surface area (Å²) in [5, 5.41) is 6.61. The van der Waals surface area contributed by atoms with Crippen molar-refractivity contribution >= 4 is 39.8 Å². The number of benzene rings is 1. The van der Waals surface area contributed by atoms with E-state index in [1.807, 2.05) is 36.6 Å². The lowest BCUT2D eigenvalue weighted by molar-refractivity contribution is -0.111. The lowest BCUT2D eigenvalue weighted by atomic mass is 9.93. The first kappa shape index (κ1) is 19.8. The zero-order valence-electron chi connectivity index (χ0n) is 16.5. The zero-order chi connectivity index (χ0) is 20.2. The number of hydrogen-bond donors (Lipinski definition) is 1. The van der Waals surface area contributed by atoms with Crippen molar-refractivity contribution in [1.82, 2.24) is 9.97 Å². The van der Waals surface area contributed by atoms with Gasteiger partial charge in [0.05, 0.1) is 16.4 Å². The van der Waals surface area contributed by atoms with Crippen molar-refractivity contribution in [3.8, 4) is 5.75 Å². The first-order valence-electron chi connectivity index (χ1n) is 9.66. The second-order valence-corrected chi connectivity index (χ2v) is 9.42. The molecule has 4 rings (SSSR count). The molecule has 1 amide bonds. The molecule has 1 unspecified atom stereocenters. The third-order valence-electron chi connectivity index (χ3n) is 4.75. The monoisotopic (exact) mass is 425 g/mol. The van der Waals surface area contributed by atoms with Crippen LogP contribution in [0, 0.1) is 12.8 Å². The van der Waals surface area contributed by atoms with E-state index in [1.165, 1.54) is 17.4 Å². The van der Waals surface area contributed by atoms with Crippen LogP contribution in [0.5, 0.6) is 5.75 Å². The molecule has 0 radical (unpaired) electrons. The van der Waals surface area contributed by atoms with E-state index in [9.17, 15) is 4.79 Å². The van der Waals surface area contributed by atoms with Gasteiger partial charge in [-0.25, -0.2) is 9.97 Å². The Hall–Kier alpha value is -2.51. The summed E-state index contributed by atoms with van der Waals surface area (Å²) in [6, 6.07) is 7.66. The fraction of sp³-hybridized carbons (Fsp3) is 0.318. The number of amides is 1. The van der Waals surface area contributed by atoms with Crippen LogP contribution in [0.25, 0.3) is 6.08 Å². The molecule has 0 spiro atoms. The highest BCUT2D eigenvalue weighted by Gasteiger charge is 2.20. The summed E-state index contributed by atoms with van der Waals surface area (Å²) in [5.74, 6) is 1.27. The Morgan fingerprint density at radius 2 is 2.28 bits per heavy atom. The summed E-state index contributed by atoms with van der Waals surface area (Å²) in [6.07, 6.45) is 6.55. The standard InChI is InChI=1S/C22H23N3O2S2/c1-14-6-8-19-20(10-14)29-22(24-19)25-21(26)9-7-16-4-3-5-18(11-16)27-12-17-13-28-15(2)23-17/h3-5,7,9,11,13-14H,6,8,10,12H2,1-2H3,(H,24,25,26)/b9-7+. The third kappa shape index (κ3) is 5.31. The topological polar surface area (TPSA) is 64.1 Å². The smallest absolute Gasteiger partial charge is 0.250 e. The highest BCUT2D eigenvalue weighted by atomic mass is 32.1. The van der Waals surface area contributed by atoms with Crippen LogP contribution in [0.3, 0.4) is 0 Å². The minimum absolute atomic E-state index is 0.173. The van der Waals surface area contributed by atoms with E-state index in [0.29, 0.717) is 17.7 Å². The number of hydrogen-bond acceptors (Lipinski definition) is 6. The number of thiazole rings is 2. The first-order chi connectivity index (χ1) is 14.0. The molecule has 0 bridgehead atoms. The molecule has 1 aliphatic rings. The van der Waals surface area contributed by atoms with Gasteiger partial charge in [-0.3, -0.25) is 10.1 Å². The fourth-order valence-electron chi connectivity index (χ4n) is 3.25. The second-order valence-electron chi connectivity index (χ2n) is 7.28. The Bertz CT molecular complexity index is 1040. The van der Waals surface area contributed by atoms with Crippen molar-refractivity contribution in [3.05, 3.63) is 62.6 Å². The zero-order valence-corrected chi connectivity index (χ0v) is 18.1. The van der Waals surface area contributed by atoms with Crippen LogP contribution in [0.1, 0.15) is 40.2 Å². The van der Waals surface area contributed by atoms with E-state index in [2.05, 4.69) is 22.2 Å². The van der Waals surface area contributed by atoms with Crippen LogP contribution >= 0.6 is 22.7 Å². The van der Waals surface area contributed by atoms with Gasteiger partial charge in [-0.15, -0.1) is 22.7 Å². The number of ether oxygens (including phenoxy) is 1. The molecular formula is C22H23N3O2S2. The van der Waals surface area contributed by atoms with Gasteiger partial charge >= 0.3 is 0 Å². The van der Waals surface area contributed by atoms with E-state index in [4.69, 9.17) is 4.74 Å². The van der Waals surface area contributed by atoms with E-state index in [0.717, 1.165) is 40.6 Å². The summed E-state index contributed by atoms with van der Waals surface area (Å²) >= 11 is 3.21. The molecule has 1 N–H and O–H groups in total. The number of carbonyl (C=O) groups excluding carboxylic acids is 1. The van der Waals surface area contributed by atoms with Gasteiger partial charge in [0.15, 0.2) is 5.13 Å². The molecule has 5 nitrogen and oxygen atoms in total. The van der Waals surface area contributed by atoms with Crippen LogP contribution in [0.4, 0.5) is 5.13 Å².